The molecule has 2 rings (SSSR count). The van der Waals surface area contributed by atoms with Gasteiger partial charge < -0.3 is 10.1 Å². The molecule has 5 nitrogen and oxygen atoms in total. The first-order valence-electron chi connectivity index (χ1n) is 3.30. The van der Waals surface area contributed by atoms with Gasteiger partial charge in [0.2, 0.25) is 0 Å². The van der Waals surface area contributed by atoms with E-state index in [4.69, 9.17) is 5.11 Å². The van der Waals surface area contributed by atoms with Gasteiger partial charge in [-0.1, -0.05) is 0 Å². The van der Waals surface area contributed by atoms with Gasteiger partial charge in [0.25, 0.3) is 0 Å². The van der Waals surface area contributed by atoms with E-state index < -0.39 is 0 Å². The van der Waals surface area contributed by atoms with Gasteiger partial charge in [-0.3, -0.25) is 0 Å². The molecule has 0 bridgehead atoms. The molecule has 0 aliphatic rings. The Kier molecular flexibility index (Phi) is 3.30. The lowest BCUT2D eigenvalue weighted by Gasteiger charge is -1.71. The third kappa shape index (κ3) is 3.31. The molecule has 62 valence electrons. The molecule has 0 fully saturated rings. The van der Waals surface area contributed by atoms with Crippen LogP contribution in [-0.2, 0) is 0 Å². The van der Waals surface area contributed by atoms with Crippen LogP contribution >= 0.6 is 0 Å². The van der Waals surface area contributed by atoms with E-state index in [1.165, 1.54) is 0 Å². The summed E-state index contributed by atoms with van der Waals surface area (Å²) >= 11 is 0. The summed E-state index contributed by atoms with van der Waals surface area (Å²) < 4.78 is 0. The molecule has 0 aliphatic carbocycles. The summed E-state index contributed by atoms with van der Waals surface area (Å²) in [5.74, 6) is 0.218. The molecule has 2 aromatic rings. The molecule has 0 saturated carbocycles. The molecule has 2 heterocycles. The Morgan fingerprint density at radius 3 is 2.08 bits per heavy atom. The number of nitrogens with one attached hydrogen (secondary N) is 1. The van der Waals surface area contributed by atoms with Crippen LogP contribution in [0.1, 0.15) is 0 Å². The van der Waals surface area contributed by atoms with Gasteiger partial charge in [0.15, 0.2) is 5.88 Å². The van der Waals surface area contributed by atoms with Crippen LogP contribution in [0.5, 0.6) is 5.88 Å². The van der Waals surface area contributed by atoms with Crippen molar-refractivity contribution in [2.75, 3.05) is 0 Å². The predicted molar refractivity (Wildman–Crippen MR) is 42.3 cm³/mol. The molecule has 0 atom stereocenters. The van der Waals surface area contributed by atoms with Crippen LogP contribution in [0, 0.1) is 0 Å². The van der Waals surface area contributed by atoms with Crippen LogP contribution in [0.2, 0.25) is 0 Å². The summed E-state index contributed by atoms with van der Waals surface area (Å²) in [5, 5.41) is 18.5. The van der Waals surface area contributed by atoms with Gasteiger partial charge in [0.05, 0.1) is 12.4 Å². The Morgan fingerprint density at radius 2 is 1.92 bits per heavy atom. The Balaban J connectivity index is 0.000000120. The average Bonchev–Trinajstić information content (AvgIpc) is 2.60. The zero-order valence-corrected chi connectivity index (χ0v) is 6.25. The second-order valence-electron chi connectivity index (χ2n) is 1.87. The normalized spacial score (nSPS) is 8.33. The van der Waals surface area contributed by atoms with E-state index in [-0.39, 0.29) is 5.88 Å². The zero-order chi connectivity index (χ0) is 8.65. The molecule has 2 N–H and O–H groups in total. The fourth-order valence-electron chi connectivity index (χ4n) is 0.526. The minimum atomic E-state index is 0.218. The summed E-state index contributed by atoms with van der Waals surface area (Å²) in [6, 6.07) is 5.03. The first-order chi connectivity index (χ1) is 5.89. The van der Waals surface area contributed by atoms with Crippen LogP contribution < -0.4 is 0 Å². The number of H-pyrrole nitrogens is 1. The summed E-state index contributed by atoms with van der Waals surface area (Å²) in [7, 11) is 0. The Morgan fingerprint density at radius 1 is 1.17 bits per heavy atom. The monoisotopic (exact) mass is 164 g/mol. The smallest absolute Gasteiger partial charge is 0.188 e. The summed E-state index contributed by atoms with van der Waals surface area (Å²) in [5.41, 5.74) is 0. The molecule has 12 heavy (non-hydrogen) atoms. The number of rotatable bonds is 0. The lowest BCUT2D eigenvalue weighted by atomic mass is 10.7. The predicted octanol–water partition coefficient (Wildman–Crippen LogP) is 0.592. The number of nitrogens with zero attached hydrogens (tertiary/aromatic N) is 3. The molecule has 5 heteroatoms. The Hall–Kier alpha value is -1.91. The molecule has 0 saturated heterocycles. The van der Waals surface area contributed by atoms with Crippen molar-refractivity contribution in [1.29, 1.82) is 0 Å². The van der Waals surface area contributed by atoms with Crippen LogP contribution in [0.4, 0.5) is 0 Å². The molecule has 0 aliphatic heterocycles. The second-order valence-corrected chi connectivity index (χ2v) is 1.87. The highest BCUT2D eigenvalue weighted by molar-refractivity contribution is 5.06. The number of aromatic hydroxyl groups is 1. The van der Waals surface area contributed by atoms with Gasteiger partial charge in [0.1, 0.15) is 0 Å². The highest BCUT2D eigenvalue weighted by Crippen LogP contribution is 1.97. The van der Waals surface area contributed by atoms with E-state index in [0.29, 0.717) is 0 Å². The van der Waals surface area contributed by atoms with Crippen molar-refractivity contribution in [2.45, 2.75) is 0 Å². The fourth-order valence-corrected chi connectivity index (χ4v) is 0.526. The van der Waals surface area contributed by atoms with E-state index >= 15 is 0 Å². The van der Waals surface area contributed by atoms with E-state index in [1.807, 2.05) is 0 Å². The van der Waals surface area contributed by atoms with Gasteiger partial charge in [0, 0.05) is 6.20 Å². The average molecular weight is 164 g/mol. The highest BCUT2D eigenvalue weighted by atomic mass is 16.3. The Labute approximate surface area is 69.1 Å². The molecule has 2 aromatic heterocycles. The van der Waals surface area contributed by atoms with E-state index in [9.17, 15) is 0 Å². The van der Waals surface area contributed by atoms with Crippen molar-refractivity contribution >= 4 is 0 Å². The number of hydrogen-bond acceptors (Lipinski definition) is 4. The molecule has 0 unspecified atom stereocenters. The summed E-state index contributed by atoms with van der Waals surface area (Å²) in [6.07, 6.45) is 4.81. The van der Waals surface area contributed by atoms with Gasteiger partial charge in [-0.05, 0) is 23.4 Å². The SMILES string of the molecule is Oc1ccc[nH]1.c1cnnnc1. The van der Waals surface area contributed by atoms with Crippen molar-refractivity contribution in [3.8, 4) is 5.88 Å². The van der Waals surface area contributed by atoms with E-state index in [2.05, 4.69) is 20.4 Å². The number of aromatic amines is 1. The number of hydrogen-bond donors (Lipinski definition) is 2. The van der Waals surface area contributed by atoms with Crippen LogP contribution in [0.3, 0.4) is 0 Å². The van der Waals surface area contributed by atoms with Crippen molar-refractivity contribution in [3.05, 3.63) is 36.8 Å². The van der Waals surface area contributed by atoms with Crippen molar-refractivity contribution < 1.29 is 5.11 Å². The minimum absolute atomic E-state index is 0.218. The minimum Gasteiger partial charge on any atom is -0.495 e. The van der Waals surface area contributed by atoms with Crippen LogP contribution in [-0.4, -0.2) is 25.5 Å². The quantitative estimate of drug-likeness (QED) is 0.597. The topological polar surface area (TPSA) is 74.7 Å². The molecule has 0 aromatic carbocycles. The maximum atomic E-state index is 8.42. The maximum Gasteiger partial charge on any atom is 0.188 e. The molecular weight excluding hydrogens is 156 g/mol. The van der Waals surface area contributed by atoms with Crippen molar-refractivity contribution in [3.63, 3.8) is 0 Å². The van der Waals surface area contributed by atoms with Gasteiger partial charge >= 0.3 is 0 Å². The number of aromatic nitrogens is 4. The van der Waals surface area contributed by atoms with Gasteiger partial charge in [-0.25, -0.2) is 0 Å². The lowest BCUT2D eigenvalue weighted by Crippen LogP contribution is -1.78. The summed E-state index contributed by atoms with van der Waals surface area (Å²) in [6.45, 7) is 0. The first-order valence-corrected chi connectivity index (χ1v) is 3.30. The van der Waals surface area contributed by atoms with E-state index in [1.54, 1.807) is 36.8 Å². The highest BCUT2D eigenvalue weighted by Gasteiger charge is 1.75. The van der Waals surface area contributed by atoms with Crippen molar-refractivity contribution in [1.82, 2.24) is 20.4 Å². The third-order valence-corrected chi connectivity index (χ3v) is 0.990. The second kappa shape index (κ2) is 4.84. The standard InChI is InChI=1S/C4H5NO.C3H3N3/c6-4-2-1-3-5-4;1-2-4-6-5-3-1/h1-3,5-6H;1-3H. The molecule has 0 radical (unpaired) electrons. The van der Waals surface area contributed by atoms with Crippen LogP contribution in [0.25, 0.3) is 0 Å². The maximum absolute atomic E-state index is 8.42. The van der Waals surface area contributed by atoms with Crippen LogP contribution in [0.15, 0.2) is 36.8 Å². The van der Waals surface area contributed by atoms with Gasteiger partial charge in [-0.2, -0.15) is 0 Å². The molecule has 0 spiro atoms. The zero-order valence-electron chi connectivity index (χ0n) is 6.25. The fraction of sp³-hybridized carbons (Fsp3) is 0. The lowest BCUT2D eigenvalue weighted by molar-refractivity contribution is 0.457. The van der Waals surface area contributed by atoms with E-state index in [0.717, 1.165) is 0 Å². The summed E-state index contributed by atoms with van der Waals surface area (Å²) in [4.78, 5) is 2.56. The largest absolute Gasteiger partial charge is 0.495 e. The molecular formula is C7H8N4O. The Bertz CT molecular complexity index is 255. The molecule has 0 amide bonds. The van der Waals surface area contributed by atoms with Gasteiger partial charge in [-0.15, -0.1) is 10.2 Å². The van der Waals surface area contributed by atoms with Crippen molar-refractivity contribution in [2.24, 2.45) is 0 Å². The first kappa shape index (κ1) is 8.19. The third-order valence-electron chi connectivity index (χ3n) is 0.990.